The Bertz CT molecular complexity index is 901. The van der Waals surface area contributed by atoms with E-state index in [9.17, 15) is 9.90 Å². The third-order valence-corrected chi connectivity index (χ3v) is 5.69. The number of carbonyl (C=O) groups is 1. The zero-order valence-corrected chi connectivity index (χ0v) is 15.7. The van der Waals surface area contributed by atoms with Crippen molar-refractivity contribution < 1.29 is 9.90 Å². The van der Waals surface area contributed by atoms with Crippen molar-refractivity contribution >= 4 is 22.9 Å². The number of rotatable bonds is 4. The van der Waals surface area contributed by atoms with E-state index in [-0.39, 0.29) is 11.7 Å². The van der Waals surface area contributed by atoms with Crippen molar-refractivity contribution in [1.29, 1.82) is 0 Å². The van der Waals surface area contributed by atoms with E-state index in [1.165, 1.54) is 0 Å². The maximum absolute atomic E-state index is 12.6. The lowest BCUT2D eigenvalue weighted by Gasteiger charge is -2.36. The number of benzene rings is 2. The van der Waals surface area contributed by atoms with Gasteiger partial charge in [-0.3, -0.25) is 4.79 Å². The number of anilines is 1. The number of hydrogen-bond donors (Lipinski definition) is 1. The van der Waals surface area contributed by atoms with Crippen molar-refractivity contribution in [1.82, 2.24) is 9.88 Å². The molecule has 1 aliphatic rings. The van der Waals surface area contributed by atoms with E-state index in [0.29, 0.717) is 19.5 Å². The van der Waals surface area contributed by atoms with Crippen LogP contribution in [0.2, 0.25) is 0 Å². The van der Waals surface area contributed by atoms with E-state index in [1.54, 1.807) is 23.5 Å². The molecule has 0 bridgehead atoms. The summed E-state index contributed by atoms with van der Waals surface area (Å²) < 4.78 is 0. The number of nitrogens with zero attached hydrogens (tertiary/aromatic N) is 3. The summed E-state index contributed by atoms with van der Waals surface area (Å²) in [5.74, 6) is 0.399. The number of phenols is 1. The summed E-state index contributed by atoms with van der Waals surface area (Å²) in [6.07, 6.45) is 0.350. The van der Waals surface area contributed by atoms with E-state index >= 15 is 0 Å². The van der Waals surface area contributed by atoms with Gasteiger partial charge in [0.25, 0.3) is 0 Å². The summed E-state index contributed by atoms with van der Waals surface area (Å²) in [5, 5.41) is 12.3. The van der Waals surface area contributed by atoms with Crippen LogP contribution in [0.3, 0.4) is 0 Å². The van der Waals surface area contributed by atoms with Gasteiger partial charge < -0.3 is 14.9 Å². The summed E-state index contributed by atoms with van der Waals surface area (Å²) in [6.45, 7) is 3.00. The lowest BCUT2D eigenvalue weighted by molar-refractivity contribution is -0.130. The van der Waals surface area contributed by atoms with Gasteiger partial charge in [0.05, 0.1) is 12.1 Å². The van der Waals surface area contributed by atoms with Crippen molar-refractivity contribution in [2.45, 2.75) is 6.42 Å². The summed E-state index contributed by atoms with van der Waals surface area (Å²) in [7, 11) is 0. The molecule has 5 nitrogen and oxygen atoms in total. The first-order valence-corrected chi connectivity index (χ1v) is 9.88. The number of phenolic OH excluding ortho intramolecular Hbond substituents is 1. The molecule has 27 heavy (non-hydrogen) atoms. The second kappa shape index (κ2) is 7.80. The first kappa shape index (κ1) is 17.5. The number of amides is 1. The molecule has 1 N–H and O–H groups in total. The van der Waals surface area contributed by atoms with Crippen molar-refractivity contribution in [3.05, 3.63) is 65.7 Å². The molecule has 0 atom stereocenters. The van der Waals surface area contributed by atoms with Crippen molar-refractivity contribution in [2.24, 2.45) is 0 Å². The Hall–Kier alpha value is -2.86. The van der Waals surface area contributed by atoms with Crippen LogP contribution in [0.1, 0.15) is 5.69 Å². The van der Waals surface area contributed by atoms with E-state index in [1.807, 2.05) is 52.7 Å². The molecule has 0 aliphatic carbocycles. The normalized spacial score (nSPS) is 14.4. The van der Waals surface area contributed by atoms with Gasteiger partial charge in [0, 0.05) is 42.8 Å². The molecular formula is C21H21N3O2S. The summed E-state index contributed by atoms with van der Waals surface area (Å²) in [4.78, 5) is 21.4. The number of piperazine rings is 1. The summed E-state index contributed by atoms with van der Waals surface area (Å²) in [6, 6.07) is 17.3. The summed E-state index contributed by atoms with van der Waals surface area (Å²) >= 11 is 1.58. The average molecular weight is 379 g/mol. The Balaban J connectivity index is 1.33. The minimum atomic E-state index is 0.130. The molecule has 0 unspecified atom stereocenters. The van der Waals surface area contributed by atoms with Crippen LogP contribution in [0.4, 0.5) is 5.69 Å². The van der Waals surface area contributed by atoms with Crippen LogP contribution in [-0.2, 0) is 11.2 Å². The highest BCUT2D eigenvalue weighted by Gasteiger charge is 2.22. The quantitative estimate of drug-likeness (QED) is 0.755. The minimum Gasteiger partial charge on any atom is -0.508 e. The molecule has 2 heterocycles. The maximum atomic E-state index is 12.6. The predicted molar refractivity (Wildman–Crippen MR) is 108 cm³/mol. The largest absolute Gasteiger partial charge is 0.508 e. The van der Waals surface area contributed by atoms with Gasteiger partial charge in [-0.25, -0.2) is 4.98 Å². The molecule has 0 radical (unpaired) electrons. The Morgan fingerprint density at radius 1 is 1.00 bits per heavy atom. The highest BCUT2D eigenvalue weighted by atomic mass is 32.1. The molecule has 0 saturated carbocycles. The van der Waals surface area contributed by atoms with Gasteiger partial charge in [-0.15, -0.1) is 11.3 Å². The van der Waals surface area contributed by atoms with E-state index in [0.717, 1.165) is 35.0 Å². The topological polar surface area (TPSA) is 56.7 Å². The monoisotopic (exact) mass is 379 g/mol. The van der Waals surface area contributed by atoms with Crippen LogP contribution in [0.25, 0.3) is 10.6 Å². The van der Waals surface area contributed by atoms with Crippen molar-refractivity contribution in [3.8, 4) is 16.3 Å². The lowest BCUT2D eigenvalue weighted by atomic mass is 10.2. The molecule has 6 heteroatoms. The van der Waals surface area contributed by atoms with Gasteiger partial charge in [-0.1, -0.05) is 30.3 Å². The molecule has 1 amide bonds. The average Bonchev–Trinajstić information content (AvgIpc) is 3.18. The van der Waals surface area contributed by atoms with E-state index in [4.69, 9.17) is 0 Å². The highest BCUT2D eigenvalue weighted by Crippen LogP contribution is 2.24. The number of carbonyl (C=O) groups excluding carboxylic acids is 1. The maximum Gasteiger partial charge on any atom is 0.228 e. The van der Waals surface area contributed by atoms with Gasteiger partial charge >= 0.3 is 0 Å². The molecule has 2 aromatic carbocycles. The van der Waals surface area contributed by atoms with Crippen molar-refractivity contribution in [2.75, 3.05) is 31.1 Å². The smallest absolute Gasteiger partial charge is 0.228 e. The van der Waals surface area contributed by atoms with Gasteiger partial charge in [0.2, 0.25) is 5.91 Å². The molecule has 1 aliphatic heterocycles. The Labute approximate surface area is 162 Å². The Morgan fingerprint density at radius 2 is 1.70 bits per heavy atom. The Kier molecular flexibility index (Phi) is 5.07. The second-order valence-electron chi connectivity index (χ2n) is 6.57. The SMILES string of the molecule is O=C(Cc1csc(-c2ccccc2)n1)N1CCN(c2ccc(O)cc2)CC1. The summed E-state index contributed by atoms with van der Waals surface area (Å²) in [5.41, 5.74) is 3.00. The third kappa shape index (κ3) is 4.11. The fourth-order valence-electron chi connectivity index (χ4n) is 3.25. The zero-order valence-electron chi connectivity index (χ0n) is 14.9. The van der Waals surface area contributed by atoms with E-state index < -0.39 is 0 Å². The van der Waals surface area contributed by atoms with Crippen LogP contribution >= 0.6 is 11.3 Å². The standard InChI is InChI=1S/C21H21N3O2S/c25-19-8-6-18(7-9-19)23-10-12-24(13-11-23)20(26)14-17-15-27-21(22-17)16-4-2-1-3-5-16/h1-9,15,25H,10-14H2. The van der Waals surface area contributed by atoms with Gasteiger partial charge in [-0.2, -0.15) is 0 Å². The van der Waals surface area contributed by atoms with Crippen LogP contribution in [-0.4, -0.2) is 47.1 Å². The third-order valence-electron chi connectivity index (χ3n) is 4.75. The predicted octanol–water partition coefficient (Wildman–Crippen LogP) is 3.41. The molecule has 1 fully saturated rings. The fourth-order valence-corrected chi connectivity index (χ4v) is 4.07. The second-order valence-corrected chi connectivity index (χ2v) is 7.43. The minimum absolute atomic E-state index is 0.130. The molecule has 3 aromatic rings. The number of aromatic nitrogens is 1. The molecule has 138 valence electrons. The van der Waals surface area contributed by atoms with Gasteiger partial charge in [0.15, 0.2) is 0 Å². The number of aromatic hydroxyl groups is 1. The molecular weight excluding hydrogens is 358 g/mol. The fraction of sp³-hybridized carbons (Fsp3) is 0.238. The van der Waals surface area contributed by atoms with Crippen LogP contribution in [0.5, 0.6) is 5.75 Å². The Morgan fingerprint density at radius 3 is 2.41 bits per heavy atom. The number of thiazole rings is 1. The highest BCUT2D eigenvalue weighted by molar-refractivity contribution is 7.13. The first-order valence-electron chi connectivity index (χ1n) is 9.00. The zero-order chi connectivity index (χ0) is 18.6. The molecule has 1 saturated heterocycles. The van der Waals surface area contributed by atoms with Gasteiger partial charge in [-0.05, 0) is 24.3 Å². The molecule has 0 spiro atoms. The van der Waals surface area contributed by atoms with Crippen LogP contribution < -0.4 is 4.90 Å². The first-order chi connectivity index (χ1) is 13.2. The van der Waals surface area contributed by atoms with Crippen LogP contribution in [0.15, 0.2) is 60.0 Å². The lowest BCUT2D eigenvalue weighted by Crippen LogP contribution is -2.49. The van der Waals surface area contributed by atoms with Crippen LogP contribution in [0, 0.1) is 0 Å². The number of hydrogen-bond acceptors (Lipinski definition) is 5. The van der Waals surface area contributed by atoms with Crippen molar-refractivity contribution in [3.63, 3.8) is 0 Å². The molecule has 4 rings (SSSR count). The van der Waals surface area contributed by atoms with E-state index in [2.05, 4.69) is 9.88 Å². The van der Waals surface area contributed by atoms with Gasteiger partial charge in [0.1, 0.15) is 10.8 Å². The molecule has 1 aromatic heterocycles.